The van der Waals surface area contributed by atoms with Crippen LogP contribution < -0.4 is 5.32 Å². The van der Waals surface area contributed by atoms with Gasteiger partial charge in [0.05, 0.1) is 6.42 Å². The average molecular weight is 430 g/mol. The maximum Gasteiger partial charge on any atom is 0.410 e. The Morgan fingerprint density at radius 1 is 1.03 bits per heavy atom. The molecule has 4 rings (SSSR count). The second-order valence-electron chi connectivity index (χ2n) is 8.25. The van der Waals surface area contributed by atoms with Crippen LogP contribution in [0.1, 0.15) is 36.0 Å². The number of aryl methyl sites for hydroxylation is 1. The van der Waals surface area contributed by atoms with E-state index in [1.54, 1.807) is 6.07 Å². The van der Waals surface area contributed by atoms with Crippen LogP contribution in [-0.2, 0) is 17.6 Å². The zero-order valence-electron chi connectivity index (χ0n) is 17.9. The third-order valence-electron chi connectivity index (χ3n) is 6.11. The van der Waals surface area contributed by atoms with E-state index in [4.69, 9.17) is 10.5 Å². The Kier molecular flexibility index (Phi) is 6.50. The van der Waals surface area contributed by atoms with E-state index in [2.05, 4.69) is 11.4 Å². The topological polar surface area (TPSA) is 93.5 Å². The Morgan fingerprint density at radius 2 is 1.84 bits per heavy atom. The lowest BCUT2D eigenvalue weighted by Crippen LogP contribution is -2.36. The molecule has 2 amide bonds. The first-order valence-corrected chi connectivity index (χ1v) is 10.9. The smallest absolute Gasteiger partial charge is 0.410 e. The number of amidine groups is 1. The number of carboxylic acid groups (broad SMARTS) is 1. The number of hydrogen-bond acceptors (Lipinski definition) is 3. The molecule has 3 aromatic carbocycles. The number of benzene rings is 3. The van der Waals surface area contributed by atoms with Gasteiger partial charge in [-0.3, -0.25) is 15.5 Å². The van der Waals surface area contributed by atoms with Gasteiger partial charge in [0.25, 0.3) is 0 Å². The third kappa shape index (κ3) is 4.97. The van der Waals surface area contributed by atoms with Crippen LogP contribution in [0.4, 0.5) is 4.79 Å². The van der Waals surface area contributed by atoms with Crippen molar-refractivity contribution in [3.05, 3.63) is 83.4 Å². The summed E-state index contributed by atoms with van der Waals surface area (Å²) in [6.45, 7) is 0.829. The molecule has 1 aliphatic heterocycles. The third-order valence-corrected chi connectivity index (χ3v) is 6.11. The number of amides is 2. The first-order chi connectivity index (χ1) is 15.5. The molecule has 0 spiro atoms. The fourth-order valence-corrected chi connectivity index (χ4v) is 4.55. The zero-order chi connectivity index (χ0) is 22.5. The van der Waals surface area contributed by atoms with Gasteiger partial charge < -0.3 is 10.0 Å². The van der Waals surface area contributed by atoms with Gasteiger partial charge in [-0.15, -0.1) is 0 Å². The van der Waals surface area contributed by atoms with Gasteiger partial charge in [0.1, 0.15) is 5.84 Å². The molecule has 1 fully saturated rings. The van der Waals surface area contributed by atoms with Crippen LogP contribution in [0.15, 0.2) is 66.7 Å². The zero-order valence-corrected chi connectivity index (χ0v) is 17.9. The maximum absolute atomic E-state index is 12.8. The highest BCUT2D eigenvalue weighted by Crippen LogP contribution is 2.25. The van der Waals surface area contributed by atoms with Crippen molar-refractivity contribution >= 4 is 28.6 Å². The first-order valence-electron chi connectivity index (χ1n) is 10.9. The van der Waals surface area contributed by atoms with Crippen molar-refractivity contribution in [2.24, 2.45) is 0 Å². The lowest BCUT2D eigenvalue weighted by molar-refractivity contribution is -0.131. The number of nitrogens with one attached hydrogen (secondary N) is 2. The maximum atomic E-state index is 12.8. The summed E-state index contributed by atoms with van der Waals surface area (Å²) in [6, 6.07) is 21.8. The van der Waals surface area contributed by atoms with E-state index in [1.807, 2.05) is 59.5 Å². The molecule has 0 bridgehead atoms. The van der Waals surface area contributed by atoms with Crippen LogP contribution in [-0.4, -0.2) is 40.4 Å². The summed E-state index contributed by atoms with van der Waals surface area (Å²) in [5.41, 5.74) is 2.79. The van der Waals surface area contributed by atoms with Gasteiger partial charge in [0, 0.05) is 18.2 Å². The highest BCUT2D eigenvalue weighted by Gasteiger charge is 2.28. The monoisotopic (exact) mass is 429 g/mol. The van der Waals surface area contributed by atoms with Crippen molar-refractivity contribution in [2.45, 2.75) is 38.1 Å². The molecule has 32 heavy (non-hydrogen) atoms. The summed E-state index contributed by atoms with van der Waals surface area (Å²) < 4.78 is 0. The van der Waals surface area contributed by atoms with Crippen molar-refractivity contribution in [1.82, 2.24) is 10.2 Å². The molecular formula is C26H27N3O3. The summed E-state index contributed by atoms with van der Waals surface area (Å²) in [4.78, 5) is 25.8. The minimum absolute atomic E-state index is 0.130. The first kappa shape index (κ1) is 21.6. The van der Waals surface area contributed by atoms with E-state index in [1.165, 1.54) is 5.56 Å². The van der Waals surface area contributed by atoms with Gasteiger partial charge in [-0.25, -0.2) is 4.79 Å². The SMILES string of the molecule is N=C(NC(=O)O)c1cccc2cc(CC[C@H]3CCCN3C(=O)Cc3ccccc3)ccc12. The number of likely N-dealkylation sites (tertiary alicyclic amines) is 1. The number of rotatable bonds is 6. The molecule has 0 radical (unpaired) electrons. The molecule has 0 aliphatic carbocycles. The fraction of sp³-hybridized carbons (Fsp3) is 0.269. The summed E-state index contributed by atoms with van der Waals surface area (Å²) >= 11 is 0. The van der Waals surface area contributed by atoms with E-state index in [0.717, 1.165) is 48.6 Å². The van der Waals surface area contributed by atoms with Gasteiger partial charge in [-0.2, -0.15) is 0 Å². The van der Waals surface area contributed by atoms with Crippen LogP contribution >= 0.6 is 0 Å². The minimum Gasteiger partial charge on any atom is -0.465 e. The number of nitrogens with zero attached hydrogens (tertiary/aromatic N) is 1. The van der Waals surface area contributed by atoms with Crippen molar-refractivity contribution in [1.29, 1.82) is 5.41 Å². The Morgan fingerprint density at radius 3 is 2.62 bits per heavy atom. The number of fused-ring (bicyclic) bond motifs is 1. The molecule has 3 aromatic rings. The molecular weight excluding hydrogens is 402 g/mol. The van der Waals surface area contributed by atoms with Crippen LogP contribution in [0.25, 0.3) is 10.8 Å². The quantitative estimate of drug-likeness (QED) is 0.395. The molecule has 1 atom stereocenters. The van der Waals surface area contributed by atoms with Crippen LogP contribution in [0, 0.1) is 5.41 Å². The van der Waals surface area contributed by atoms with Gasteiger partial charge in [-0.1, -0.05) is 66.7 Å². The van der Waals surface area contributed by atoms with Crippen LogP contribution in [0.2, 0.25) is 0 Å². The molecule has 164 valence electrons. The minimum atomic E-state index is -1.24. The number of carbonyl (C=O) groups is 2. The van der Waals surface area contributed by atoms with E-state index in [9.17, 15) is 9.59 Å². The van der Waals surface area contributed by atoms with E-state index >= 15 is 0 Å². The van der Waals surface area contributed by atoms with Crippen LogP contribution in [0.5, 0.6) is 0 Å². The molecule has 0 aromatic heterocycles. The van der Waals surface area contributed by atoms with Crippen molar-refractivity contribution in [2.75, 3.05) is 6.54 Å². The Balaban J connectivity index is 1.42. The molecule has 0 unspecified atom stereocenters. The highest BCUT2D eigenvalue weighted by molar-refractivity contribution is 6.12. The molecule has 0 saturated carbocycles. The second-order valence-corrected chi connectivity index (χ2v) is 8.25. The number of carbonyl (C=O) groups excluding carboxylic acids is 1. The normalized spacial score (nSPS) is 15.6. The van der Waals surface area contributed by atoms with Crippen LogP contribution in [0.3, 0.4) is 0 Å². The van der Waals surface area contributed by atoms with Gasteiger partial charge in [0.2, 0.25) is 5.91 Å². The van der Waals surface area contributed by atoms with E-state index in [-0.39, 0.29) is 17.8 Å². The Hall–Kier alpha value is -3.67. The highest BCUT2D eigenvalue weighted by atomic mass is 16.4. The second kappa shape index (κ2) is 9.64. The molecule has 1 heterocycles. The lowest BCUT2D eigenvalue weighted by Gasteiger charge is -2.25. The summed E-state index contributed by atoms with van der Waals surface area (Å²) in [5.74, 6) is 0.0701. The summed E-state index contributed by atoms with van der Waals surface area (Å²) in [6.07, 6.45) is 3.08. The van der Waals surface area contributed by atoms with Crippen molar-refractivity contribution < 1.29 is 14.7 Å². The Bertz CT molecular complexity index is 1140. The largest absolute Gasteiger partial charge is 0.465 e. The molecule has 1 saturated heterocycles. The van der Waals surface area contributed by atoms with Gasteiger partial charge in [-0.05, 0) is 47.6 Å². The predicted octanol–water partition coefficient (Wildman–Crippen LogP) is 4.60. The Labute approximate surface area is 187 Å². The van der Waals surface area contributed by atoms with Gasteiger partial charge in [0.15, 0.2) is 0 Å². The summed E-state index contributed by atoms with van der Waals surface area (Å²) in [5, 5.41) is 20.8. The average Bonchev–Trinajstić information content (AvgIpc) is 3.26. The van der Waals surface area contributed by atoms with E-state index in [0.29, 0.717) is 12.0 Å². The lowest BCUT2D eigenvalue weighted by atomic mass is 9.97. The number of hydrogen-bond donors (Lipinski definition) is 3. The van der Waals surface area contributed by atoms with Crippen molar-refractivity contribution in [3.8, 4) is 0 Å². The molecule has 1 aliphatic rings. The van der Waals surface area contributed by atoms with Crippen molar-refractivity contribution in [3.63, 3.8) is 0 Å². The van der Waals surface area contributed by atoms with Gasteiger partial charge >= 0.3 is 6.09 Å². The molecule has 6 heteroatoms. The summed E-state index contributed by atoms with van der Waals surface area (Å²) in [7, 11) is 0. The standard InChI is InChI=1S/C26H27N3O3/c27-25(28-26(31)32)23-10-4-8-20-16-19(12-14-22(20)23)11-13-21-9-5-15-29(21)24(30)17-18-6-2-1-3-7-18/h1-4,6-8,10,12,14,16,21H,5,9,11,13,15,17H2,(H2,27,28)(H,31,32)/t21-/m1/s1. The molecule has 3 N–H and O–H groups in total. The fourth-order valence-electron chi connectivity index (χ4n) is 4.55. The molecule has 6 nitrogen and oxygen atoms in total. The van der Waals surface area contributed by atoms with E-state index < -0.39 is 6.09 Å². The predicted molar refractivity (Wildman–Crippen MR) is 125 cm³/mol.